The van der Waals surface area contributed by atoms with Gasteiger partial charge >= 0.3 is 0 Å². The van der Waals surface area contributed by atoms with Gasteiger partial charge in [-0.15, -0.1) is 0 Å². The maximum atomic E-state index is 5.23. The second-order valence-electron chi connectivity index (χ2n) is 2.01. The fraction of sp³-hybridized carbons (Fsp3) is 0.571. The Morgan fingerprint density at radius 1 is 1.73 bits per heavy atom. The van der Waals surface area contributed by atoms with E-state index in [4.69, 9.17) is 4.74 Å². The first-order chi connectivity index (χ1) is 5.38. The van der Waals surface area contributed by atoms with Crippen LogP contribution in [0.3, 0.4) is 0 Å². The molecule has 0 aliphatic heterocycles. The second-order valence-corrected chi connectivity index (χ2v) is 2.78. The topological polar surface area (TPSA) is 27.1 Å². The molecule has 0 fully saturated rings. The van der Waals surface area contributed by atoms with E-state index in [0.717, 1.165) is 11.8 Å². The van der Waals surface area contributed by atoms with Gasteiger partial charge in [0.25, 0.3) is 0 Å². The smallest absolute Gasteiger partial charge is 0.169 e. The van der Waals surface area contributed by atoms with Crippen molar-refractivity contribution in [2.24, 2.45) is 0 Å². The number of aromatic nitrogens is 2. The monoisotopic (exact) mass is 172 g/mol. The third-order valence-electron chi connectivity index (χ3n) is 1.29. The molecule has 3 nitrogen and oxygen atoms in total. The van der Waals surface area contributed by atoms with Crippen molar-refractivity contribution < 1.29 is 4.74 Å². The fourth-order valence-corrected chi connectivity index (χ4v) is 1.29. The molecular weight excluding hydrogens is 160 g/mol. The zero-order valence-corrected chi connectivity index (χ0v) is 7.60. The quantitative estimate of drug-likeness (QED) is 0.645. The highest BCUT2D eigenvalue weighted by Gasteiger charge is 1.98. The van der Waals surface area contributed by atoms with Crippen LogP contribution in [-0.4, -0.2) is 22.4 Å². The number of ether oxygens (including phenoxy) is 1. The summed E-state index contributed by atoms with van der Waals surface area (Å²) in [4.78, 5) is 4.13. The number of hydrogen-bond acceptors (Lipinski definition) is 3. The molecule has 1 aromatic rings. The van der Waals surface area contributed by atoms with E-state index in [9.17, 15) is 0 Å². The minimum atomic E-state index is 0.604. The molecule has 0 saturated carbocycles. The molecule has 1 rings (SSSR count). The Hall–Kier alpha value is -0.480. The molecule has 0 atom stereocenters. The van der Waals surface area contributed by atoms with Gasteiger partial charge in [0, 0.05) is 19.0 Å². The lowest BCUT2D eigenvalue weighted by Crippen LogP contribution is -2.01. The van der Waals surface area contributed by atoms with Gasteiger partial charge in [0.15, 0.2) is 5.16 Å². The third-order valence-corrected chi connectivity index (χ3v) is 2.00. The van der Waals surface area contributed by atoms with Crippen LogP contribution in [0.4, 0.5) is 0 Å². The average molecular weight is 172 g/mol. The molecule has 0 amide bonds. The van der Waals surface area contributed by atoms with Crippen molar-refractivity contribution in [1.82, 2.24) is 9.55 Å². The molecule has 0 N–H and O–H groups in total. The summed E-state index contributed by atoms with van der Waals surface area (Å²) in [5.41, 5.74) is 0. The predicted octanol–water partition coefficient (Wildman–Crippen LogP) is 1.60. The predicted molar refractivity (Wildman–Crippen MR) is 45.6 cm³/mol. The van der Waals surface area contributed by atoms with Gasteiger partial charge in [0.2, 0.25) is 0 Å². The Bertz CT molecular complexity index is 212. The van der Waals surface area contributed by atoms with Gasteiger partial charge in [0.1, 0.15) is 6.73 Å². The van der Waals surface area contributed by atoms with Crippen molar-refractivity contribution >= 4 is 11.8 Å². The summed E-state index contributed by atoms with van der Waals surface area (Å²) >= 11 is 1.62. The van der Waals surface area contributed by atoms with Crippen molar-refractivity contribution in [3.63, 3.8) is 0 Å². The lowest BCUT2D eigenvalue weighted by atomic mass is 10.8. The lowest BCUT2D eigenvalue weighted by molar-refractivity contribution is 0.0820. The summed E-state index contributed by atoms with van der Waals surface area (Å²) in [6.45, 7) is 3.33. The van der Waals surface area contributed by atoms with Crippen molar-refractivity contribution in [2.45, 2.75) is 18.8 Å². The molecule has 0 aliphatic carbocycles. The number of hydrogen-bond donors (Lipinski definition) is 0. The van der Waals surface area contributed by atoms with Crippen LogP contribution in [0.5, 0.6) is 0 Å². The molecule has 0 saturated heterocycles. The van der Waals surface area contributed by atoms with Crippen LogP contribution in [0.1, 0.15) is 6.92 Å². The number of rotatable bonds is 4. The van der Waals surface area contributed by atoms with Crippen molar-refractivity contribution in [2.75, 3.05) is 12.9 Å². The highest BCUT2D eigenvalue weighted by Crippen LogP contribution is 2.10. The van der Waals surface area contributed by atoms with E-state index in [1.807, 2.05) is 23.9 Å². The largest absolute Gasteiger partial charge is 0.361 e. The second kappa shape index (κ2) is 4.41. The molecule has 4 heteroatoms. The third kappa shape index (κ3) is 2.24. The first kappa shape index (κ1) is 8.62. The normalized spacial score (nSPS) is 10.4. The van der Waals surface area contributed by atoms with Crippen LogP contribution < -0.4 is 0 Å². The van der Waals surface area contributed by atoms with Gasteiger partial charge in [-0.1, -0.05) is 11.8 Å². The molecule has 1 aromatic heterocycles. The van der Waals surface area contributed by atoms with E-state index in [-0.39, 0.29) is 0 Å². The van der Waals surface area contributed by atoms with E-state index in [1.165, 1.54) is 0 Å². The molecule has 0 unspecified atom stereocenters. The zero-order valence-electron chi connectivity index (χ0n) is 6.78. The summed E-state index contributed by atoms with van der Waals surface area (Å²) in [6, 6.07) is 0. The molecule has 62 valence electrons. The number of thioether (sulfide) groups is 1. The van der Waals surface area contributed by atoms with Crippen LogP contribution >= 0.6 is 11.8 Å². The van der Waals surface area contributed by atoms with E-state index in [1.54, 1.807) is 18.0 Å². The van der Waals surface area contributed by atoms with Gasteiger partial charge in [-0.3, -0.25) is 0 Å². The minimum Gasteiger partial charge on any atom is -0.361 e. The Kier molecular flexibility index (Phi) is 3.45. The Labute approximate surface area is 70.8 Å². The highest BCUT2D eigenvalue weighted by atomic mass is 32.2. The first-order valence-electron chi connectivity index (χ1n) is 3.51. The zero-order chi connectivity index (χ0) is 8.10. The van der Waals surface area contributed by atoms with E-state index >= 15 is 0 Å². The summed E-state index contributed by atoms with van der Waals surface area (Å²) in [7, 11) is 0. The number of nitrogens with zero attached hydrogens (tertiary/aromatic N) is 2. The van der Waals surface area contributed by atoms with Gasteiger partial charge in [-0.25, -0.2) is 4.98 Å². The van der Waals surface area contributed by atoms with E-state index < -0.39 is 0 Å². The van der Waals surface area contributed by atoms with Crippen LogP contribution in [0, 0.1) is 0 Å². The molecule has 11 heavy (non-hydrogen) atoms. The van der Waals surface area contributed by atoms with Crippen molar-refractivity contribution in [1.29, 1.82) is 0 Å². The maximum Gasteiger partial charge on any atom is 0.169 e. The van der Waals surface area contributed by atoms with Gasteiger partial charge in [-0.05, 0) is 13.2 Å². The SMILES string of the molecule is CCOCn1ccnc1SC. The summed E-state index contributed by atoms with van der Waals surface area (Å²) in [5.74, 6) is 0. The average Bonchev–Trinajstić information content (AvgIpc) is 2.47. The molecule has 1 heterocycles. The maximum absolute atomic E-state index is 5.23. The first-order valence-corrected chi connectivity index (χ1v) is 4.73. The van der Waals surface area contributed by atoms with Crippen LogP contribution in [0.25, 0.3) is 0 Å². The van der Waals surface area contributed by atoms with E-state index in [2.05, 4.69) is 4.98 Å². The molecular formula is C7H12N2OS. The highest BCUT2D eigenvalue weighted by molar-refractivity contribution is 7.98. The Morgan fingerprint density at radius 2 is 2.55 bits per heavy atom. The van der Waals surface area contributed by atoms with Gasteiger partial charge in [0.05, 0.1) is 0 Å². The molecule has 0 aromatic carbocycles. The standard InChI is InChI=1S/C7H12N2OS/c1-3-10-6-9-5-4-8-7(9)11-2/h4-5H,3,6H2,1-2H3. The van der Waals surface area contributed by atoms with E-state index in [0.29, 0.717) is 6.73 Å². The number of imidazole rings is 1. The summed E-state index contributed by atoms with van der Waals surface area (Å²) in [5, 5.41) is 0.999. The van der Waals surface area contributed by atoms with Crippen LogP contribution in [0.15, 0.2) is 17.6 Å². The van der Waals surface area contributed by atoms with Crippen molar-refractivity contribution in [3.05, 3.63) is 12.4 Å². The fourth-order valence-electron chi connectivity index (χ4n) is 0.773. The Morgan fingerprint density at radius 3 is 3.18 bits per heavy atom. The Balaban J connectivity index is 2.54. The molecule has 0 aliphatic rings. The molecule has 0 bridgehead atoms. The lowest BCUT2D eigenvalue weighted by Gasteiger charge is -2.04. The molecule has 0 radical (unpaired) electrons. The summed E-state index contributed by atoms with van der Waals surface area (Å²) in [6.07, 6.45) is 5.71. The van der Waals surface area contributed by atoms with Crippen molar-refractivity contribution in [3.8, 4) is 0 Å². The minimum absolute atomic E-state index is 0.604. The molecule has 0 spiro atoms. The van der Waals surface area contributed by atoms with Gasteiger partial charge in [-0.2, -0.15) is 0 Å². The summed E-state index contributed by atoms with van der Waals surface area (Å²) < 4.78 is 7.21. The van der Waals surface area contributed by atoms with Crippen LogP contribution in [-0.2, 0) is 11.5 Å². The van der Waals surface area contributed by atoms with Crippen LogP contribution in [0.2, 0.25) is 0 Å². The van der Waals surface area contributed by atoms with Gasteiger partial charge < -0.3 is 9.30 Å².